The highest BCUT2D eigenvalue weighted by Gasteiger charge is 2.38. The largest absolute Gasteiger partial charge is 0.345 e. The minimum Gasteiger partial charge on any atom is -0.345 e. The Balaban J connectivity index is 1.64. The zero-order valence-corrected chi connectivity index (χ0v) is 13.1. The molecule has 0 spiro atoms. The third-order valence-corrected chi connectivity index (χ3v) is 5.52. The monoisotopic (exact) mass is 297 g/mol. The van der Waals surface area contributed by atoms with Gasteiger partial charge in [-0.2, -0.15) is 0 Å². The van der Waals surface area contributed by atoms with E-state index in [1.807, 2.05) is 18.3 Å². The van der Waals surface area contributed by atoms with Gasteiger partial charge in [-0.3, -0.25) is 4.79 Å². The summed E-state index contributed by atoms with van der Waals surface area (Å²) in [7, 11) is 0. The number of carbonyl (C=O) groups excluding carboxylic acids is 1. The number of carbonyl (C=O) groups is 1. The molecule has 2 aromatic rings. The van der Waals surface area contributed by atoms with Crippen LogP contribution >= 0.6 is 0 Å². The second kappa shape index (κ2) is 5.41. The zero-order chi connectivity index (χ0) is 15.1. The lowest BCUT2D eigenvalue weighted by atomic mass is 9.74. The highest BCUT2D eigenvalue weighted by atomic mass is 16.2. The molecule has 0 aromatic carbocycles. The van der Waals surface area contributed by atoms with E-state index < -0.39 is 0 Å². The number of hydrogen-bond donors (Lipinski definition) is 1. The topological polar surface area (TPSA) is 49.0 Å². The van der Waals surface area contributed by atoms with Crippen molar-refractivity contribution in [2.75, 3.05) is 6.54 Å². The third kappa shape index (κ3) is 2.21. The Morgan fingerprint density at radius 3 is 3.18 bits per heavy atom. The summed E-state index contributed by atoms with van der Waals surface area (Å²) < 4.78 is 0. The maximum absolute atomic E-state index is 13.1. The quantitative estimate of drug-likeness (QED) is 0.874. The number of H-pyrrole nitrogens is 1. The van der Waals surface area contributed by atoms with Crippen molar-refractivity contribution >= 4 is 16.9 Å². The number of rotatable bonds is 1. The molecule has 1 saturated heterocycles. The van der Waals surface area contributed by atoms with E-state index in [9.17, 15) is 4.79 Å². The van der Waals surface area contributed by atoms with Gasteiger partial charge in [-0.1, -0.05) is 6.92 Å². The predicted molar refractivity (Wildman–Crippen MR) is 86.7 cm³/mol. The number of aromatic nitrogens is 2. The summed E-state index contributed by atoms with van der Waals surface area (Å²) in [5, 5.41) is 0.943. The number of hydrogen-bond acceptors (Lipinski definition) is 2. The van der Waals surface area contributed by atoms with Crippen LogP contribution < -0.4 is 0 Å². The van der Waals surface area contributed by atoms with Crippen LogP contribution in [0.15, 0.2) is 24.5 Å². The van der Waals surface area contributed by atoms with Crippen LogP contribution in [0.25, 0.3) is 11.0 Å². The van der Waals surface area contributed by atoms with Crippen LogP contribution in [-0.2, 0) is 0 Å². The zero-order valence-electron chi connectivity index (χ0n) is 13.1. The molecule has 2 aromatic heterocycles. The van der Waals surface area contributed by atoms with E-state index >= 15 is 0 Å². The van der Waals surface area contributed by atoms with Crippen LogP contribution in [0.3, 0.4) is 0 Å². The van der Waals surface area contributed by atoms with Crippen molar-refractivity contribution in [2.24, 2.45) is 11.8 Å². The Labute approximate surface area is 130 Å². The van der Waals surface area contributed by atoms with E-state index in [0.717, 1.165) is 41.9 Å². The van der Waals surface area contributed by atoms with Crippen LogP contribution in [0.2, 0.25) is 0 Å². The SMILES string of the molecule is CC1CCC2C(CCCN2C(=O)c2c[nH]c3ncccc23)C1. The summed E-state index contributed by atoms with van der Waals surface area (Å²) in [5.74, 6) is 1.70. The predicted octanol–water partition coefficient (Wildman–Crippen LogP) is 3.60. The van der Waals surface area contributed by atoms with Gasteiger partial charge in [-0.25, -0.2) is 4.98 Å². The Bertz CT molecular complexity index is 692. The van der Waals surface area contributed by atoms with E-state index in [-0.39, 0.29) is 5.91 Å². The molecule has 22 heavy (non-hydrogen) atoms. The van der Waals surface area contributed by atoms with E-state index in [2.05, 4.69) is 21.8 Å². The first kappa shape index (κ1) is 13.8. The maximum Gasteiger partial charge on any atom is 0.256 e. The molecule has 1 saturated carbocycles. The van der Waals surface area contributed by atoms with Gasteiger partial charge in [-0.15, -0.1) is 0 Å². The molecule has 3 unspecified atom stereocenters. The molecule has 0 bridgehead atoms. The van der Waals surface area contributed by atoms with Crippen molar-refractivity contribution in [1.29, 1.82) is 0 Å². The van der Waals surface area contributed by atoms with Crippen LogP contribution in [0, 0.1) is 11.8 Å². The van der Waals surface area contributed by atoms with Gasteiger partial charge in [-0.05, 0) is 56.1 Å². The fraction of sp³-hybridized carbons (Fsp3) is 0.556. The number of pyridine rings is 1. The van der Waals surface area contributed by atoms with Crippen molar-refractivity contribution in [3.63, 3.8) is 0 Å². The molecule has 4 heteroatoms. The molecule has 1 aliphatic carbocycles. The lowest BCUT2D eigenvalue weighted by Crippen LogP contribution is -2.50. The molecule has 1 aliphatic heterocycles. The molecule has 1 amide bonds. The molecule has 1 N–H and O–H groups in total. The summed E-state index contributed by atoms with van der Waals surface area (Å²) in [4.78, 5) is 22.7. The van der Waals surface area contributed by atoms with Crippen molar-refractivity contribution in [3.05, 3.63) is 30.1 Å². The molecule has 116 valence electrons. The number of nitrogens with one attached hydrogen (secondary N) is 1. The summed E-state index contributed by atoms with van der Waals surface area (Å²) in [5.41, 5.74) is 1.58. The highest BCUT2D eigenvalue weighted by Crippen LogP contribution is 2.38. The molecule has 4 rings (SSSR count). The second-order valence-corrected chi connectivity index (χ2v) is 6.99. The Hall–Kier alpha value is -1.84. The minimum atomic E-state index is 0.184. The fourth-order valence-electron chi connectivity index (χ4n) is 4.43. The molecule has 3 atom stereocenters. The van der Waals surface area contributed by atoms with Gasteiger partial charge in [0.25, 0.3) is 5.91 Å². The van der Waals surface area contributed by atoms with Gasteiger partial charge < -0.3 is 9.88 Å². The molecule has 3 heterocycles. The van der Waals surface area contributed by atoms with Crippen molar-refractivity contribution in [2.45, 2.75) is 45.1 Å². The number of aromatic amines is 1. The number of likely N-dealkylation sites (tertiary alicyclic amines) is 1. The number of nitrogens with zero attached hydrogens (tertiary/aromatic N) is 2. The molecule has 4 nitrogen and oxygen atoms in total. The van der Waals surface area contributed by atoms with Crippen molar-refractivity contribution < 1.29 is 4.79 Å². The van der Waals surface area contributed by atoms with Gasteiger partial charge in [0.2, 0.25) is 0 Å². The lowest BCUT2D eigenvalue weighted by Gasteiger charge is -2.45. The summed E-state index contributed by atoms with van der Waals surface area (Å²) in [6.45, 7) is 3.25. The van der Waals surface area contributed by atoms with Crippen LogP contribution in [0.1, 0.15) is 49.4 Å². The Morgan fingerprint density at radius 2 is 2.27 bits per heavy atom. The summed E-state index contributed by atoms with van der Waals surface area (Å²) >= 11 is 0. The van der Waals surface area contributed by atoms with Crippen LogP contribution in [0.5, 0.6) is 0 Å². The van der Waals surface area contributed by atoms with Gasteiger partial charge in [0.1, 0.15) is 5.65 Å². The minimum absolute atomic E-state index is 0.184. The Kier molecular flexibility index (Phi) is 3.40. The molecular weight excluding hydrogens is 274 g/mol. The summed E-state index contributed by atoms with van der Waals surface area (Å²) in [6.07, 6.45) is 9.71. The lowest BCUT2D eigenvalue weighted by molar-refractivity contribution is 0.0323. The first-order valence-electron chi connectivity index (χ1n) is 8.47. The van der Waals surface area contributed by atoms with Crippen molar-refractivity contribution in [1.82, 2.24) is 14.9 Å². The van der Waals surface area contributed by atoms with E-state index in [1.54, 1.807) is 6.20 Å². The smallest absolute Gasteiger partial charge is 0.256 e. The third-order valence-electron chi connectivity index (χ3n) is 5.52. The van der Waals surface area contributed by atoms with Crippen LogP contribution in [0.4, 0.5) is 0 Å². The van der Waals surface area contributed by atoms with Crippen LogP contribution in [-0.4, -0.2) is 33.4 Å². The first-order chi connectivity index (χ1) is 10.7. The first-order valence-corrected chi connectivity index (χ1v) is 8.47. The normalized spacial score (nSPS) is 28.6. The standard InChI is InChI=1S/C18H23N3O/c1-12-6-7-16-13(10-12)4-3-9-21(16)18(22)15-11-20-17-14(15)5-2-8-19-17/h2,5,8,11-13,16H,3-4,6-7,9-10H2,1H3,(H,19,20). The van der Waals surface area contributed by atoms with E-state index in [4.69, 9.17) is 0 Å². The highest BCUT2D eigenvalue weighted by molar-refractivity contribution is 6.06. The van der Waals surface area contributed by atoms with E-state index in [1.165, 1.54) is 19.3 Å². The van der Waals surface area contributed by atoms with Gasteiger partial charge in [0, 0.05) is 30.4 Å². The Morgan fingerprint density at radius 1 is 1.36 bits per heavy atom. The molecule has 0 radical (unpaired) electrons. The molecular formula is C18H23N3O. The number of fused-ring (bicyclic) bond motifs is 2. The molecule has 2 fully saturated rings. The van der Waals surface area contributed by atoms with Gasteiger partial charge in [0.05, 0.1) is 5.56 Å². The second-order valence-electron chi connectivity index (χ2n) is 6.99. The summed E-state index contributed by atoms with van der Waals surface area (Å²) in [6, 6.07) is 4.32. The maximum atomic E-state index is 13.1. The van der Waals surface area contributed by atoms with Gasteiger partial charge in [0.15, 0.2) is 0 Å². The van der Waals surface area contributed by atoms with Crippen molar-refractivity contribution in [3.8, 4) is 0 Å². The fourth-order valence-corrected chi connectivity index (χ4v) is 4.43. The number of piperidine rings is 1. The average molecular weight is 297 g/mol. The molecule has 2 aliphatic rings. The number of amides is 1. The van der Waals surface area contributed by atoms with Gasteiger partial charge >= 0.3 is 0 Å². The average Bonchev–Trinajstić information content (AvgIpc) is 2.97. The van der Waals surface area contributed by atoms with E-state index in [0.29, 0.717) is 12.0 Å².